The number of anilines is 1. The molecular formula is C16H11BrN2O5. The van der Waals surface area contributed by atoms with Crippen molar-refractivity contribution in [3.05, 3.63) is 62.1 Å². The lowest BCUT2D eigenvalue weighted by atomic mass is 10.0. The van der Waals surface area contributed by atoms with Crippen LogP contribution in [0.2, 0.25) is 0 Å². The number of ketones is 1. The van der Waals surface area contributed by atoms with Gasteiger partial charge in [-0.25, -0.2) is 0 Å². The number of amides is 1. The average Bonchev–Trinajstić information content (AvgIpc) is 2.55. The largest absolute Gasteiger partial charge is 0.482 e. The molecule has 8 heteroatoms. The molecule has 1 heterocycles. The first-order valence-electron chi connectivity index (χ1n) is 6.97. The van der Waals surface area contributed by atoms with E-state index in [4.69, 9.17) is 4.74 Å². The fraction of sp³-hybridized carbons (Fsp3) is 0.125. The second-order valence-electron chi connectivity index (χ2n) is 5.16. The summed E-state index contributed by atoms with van der Waals surface area (Å²) in [5.74, 6) is -0.00460. The molecule has 24 heavy (non-hydrogen) atoms. The van der Waals surface area contributed by atoms with Crippen molar-refractivity contribution in [2.75, 3.05) is 11.9 Å². The Bertz CT molecular complexity index is 866. The van der Waals surface area contributed by atoms with E-state index in [2.05, 4.69) is 21.2 Å². The maximum atomic E-state index is 12.5. The van der Waals surface area contributed by atoms with Gasteiger partial charge in [-0.15, -0.1) is 0 Å². The summed E-state index contributed by atoms with van der Waals surface area (Å²) in [5, 5.41) is 13.6. The van der Waals surface area contributed by atoms with E-state index >= 15 is 0 Å². The average molecular weight is 391 g/mol. The second kappa shape index (κ2) is 6.40. The van der Waals surface area contributed by atoms with Crippen LogP contribution in [0.5, 0.6) is 5.75 Å². The number of fused-ring (bicyclic) bond motifs is 1. The fourth-order valence-electron chi connectivity index (χ4n) is 2.38. The Hall–Kier alpha value is -2.74. The second-order valence-corrected chi connectivity index (χ2v) is 5.95. The van der Waals surface area contributed by atoms with E-state index < -0.39 is 4.92 Å². The van der Waals surface area contributed by atoms with Crippen molar-refractivity contribution in [1.29, 1.82) is 0 Å². The Balaban J connectivity index is 1.86. The maximum absolute atomic E-state index is 12.5. The van der Waals surface area contributed by atoms with Gasteiger partial charge in [-0.05, 0) is 39.7 Å². The van der Waals surface area contributed by atoms with Crippen LogP contribution in [0.3, 0.4) is 0 Å². The summed E-state index contributed by atoms with van der Waals surface area (Å²) in [6, 6.07) is 9.31. The van der Waals surface area contributed by atoms with E-state index in [1.165, 1.54) is 12.1 Å². The fourth-order valence-corrected chi connectivity index (χ4v) is 2.92. The molecule has 3 rings (SSSR count). The topological polar surface area (TPSA) is 98.5 Å². The van der Waals surface area contributed by atoms with Gasteiger partial charge in [0.1, 0.15) is 5.75 Å². The molecule has 1 amide bonds. The van der Waals surface area contributed by atoms with Crippen molar-refractivity contribution in [3.63, 3.8) is 0 Å². The molecule has 0 aliphatic carbocycles. The van der Waals surface area contributed by atoms with E-state index in [-0.39, 0.29) is 34.9 Å². The monoisotopic (exact) mass is 390 g/mol. The summed E-state index contributed by atoms with van der Waals surface area (Å²) >= 11 is 3.18. The molecule has 0 bridgehead atoms. The van der Waals surface area contributed by atoms with Crippen LogP contribution in [-0.2, 0) is 11.2 Å². The normalized spacial score (nSPS) is 12.8. The SMILES string of the molecule is O=C1COc2ccc(C(=O)Cc3cccc([N+](=O)[O-])c3Br)cc2N1. The molecule has 2 aromatic rings. The highest BCUT2D eigenvalue weighted by Crippen LogP contribution is 2.31. The number of carbonyl (C=O) groups is 2. The Kier molecular flexibility index (Phi) is 4.30. The predicted octanol–water partition coefficient (Wildman–Crippen LogP) is 3.11. The lowest BCUT2D eigenvalue weighted by Gasteiger charge is -2.18. The van der Waals surface area contributed by atoms with E-state index in [0.29, 0.717) is 22.6 Å². The smallest absolute Gasteiger partial charge is 0.283 e. The van der Waals surface area contributed by atoms with Gasteiger partial charge in [-0.1, -0.05) is 12.1 Å². The van der Waals surface area contributed by atoms with Crippen LogP contribution in [0.1, 0.15) is 15.9 Å². The summed E-state index contributed by atoms with van der Waals surface area (Å²) in [6.45, 7) is -0.0546. The molecule has 0 saturated carbocycles. The Labute approximate surface area is 144 Å². The number of Topliss-reactive ketones (excluding diaryl/α,β-unsaturated/α-hetero) is 1. The highest BCUT2D eigenvalue weighted by molar-refractivity contribution is 9.10. The lowest BCUT2D eigenvalue weighted by Crippen LogP contribution is -2.25. The number of halogens is 1. The molecule has 1 aliphatic heterocycles. The highest BCUT2D eigenvalue weighted by atomic mass is 79.9. The standard InChI is InChI=1S/C16H11BrN2O5/c17-16-10(2-1-3-12(16)19(22)23)7-13(20)9-4-5-14-11(6-9)18-15(21)8-24-14/h1-6H,7-8H2,(H,18,21). The van der Waals surface area contributed by atoms with Crippen LogP contribution in [0, 0.1) is 10.1 Å². The van der Waals surface area contributed by atoms with Gasteiger partial charge in [-0.3, -0.25) is 19.7 Å². The van der Waals surface area contributed by atoms with Crippen LogP contribution in [0.4, 0.5) is 11.4 Å². The first-order chi connectivity index (χ1) is 11.5. The zero-order chi connectivity index (χ0) is 17.3. The van der Waals surface area contributed by atoms with Crippen LogP contribution in [0.15, 0.2) is 40.9 Å². The van der Waals surface area contributed by atoms with Gasteiger partial charge in [-0.2, -0.15) is 0 Å². The van der Waals surface area contributed by atoms with Gasteiger partial charge in [0.15, 0.2) is 12.4 Å². The third-order valence-corrected chi connectivity index (χ3v) is 4.46. The number of nitro groups is 1. The Morgan fingerprint density at radius 3 is 2.88 bits per heavy atom. The molecule has 0 spiro atoms. The number of nitrogens with one attached hydrogen (secondary N) is 1. The molecular weight excluding hydrogens is 380 g/mol. The van der Waals surface area contributed by atoms with E-state index in [9.17, 15) is 19.7 Å². The zero-order valence-corrected chi connectivity index (χ0v) is 13.8. The van der Waals surface area contributed by atoms with Crippen molar-refractivity contribution in [2.45, 2.75) is 6.42 Å². The van der Waals surface area contributed by atoms with Gasteiger partial charge in [0.2, 0.25) is 0 Å². The number of hydrogen-bond acceptors (Lipinski definition) is 5. The van der Waals surface area contributed by atoms with Crippen molar-refractivity contribution < 1.29 is 19.2 Å². The Morgan fingerprint density at radius 1 is 1.33 bits per heavy atom. The van der Waals surface area contributed by atoms with Gasteiger partial charge in [0, 0.05) is 18.1 Å². The minimum Gasteiger partial charge on any atom is -0.482 e. The molecule has 7 nitrogen and oxygen atoms in total. The molecule has 1 N–H and O–H groups in total. The molecule has 1 aliphatic rings. The predicted molar refractivity (Wildman–Crippen MR) is 89.4 cm³/mol. The van der Waals surface area contributed by atoms with Crippen molar-refractivity contribution in [1.82, 2.24) is 0 Å². The number of benzene rings is 2. The van der Waals surface area contributed by atoms with E-state index in [1.54, 1.807) is 24.3 Å². The van der Waals surface area contributed by atoms with E-state index in [0.717, 1.165) is 0 Å². The Morgan fingerprint density at radius 2 is 2.12 bits per heavy atom. The summed E-state index contributed by atoms with van der Waals surface area (Å²) in [6.07, 6.45) is -0.00411. The molecule has 122 valence electrons. The minimum absolute atomic E-state index is 0.00411. The zero-order valence-electron chi connectivity index (χ0n) is 12.2. The van der Waals surface area contributed by atoms with Gasteiger partial charge in [0.25, 0.3) is 11.6 Å². The molecule has 2 aromatic carbocycles. The van der Waals surface area contributed by atoms with Gasteiger partial charge >= 0.3 is 0 Å². The van der Waals surface area contributed by atoms with Crippen LogP contribution < -0.4 is 10.1 Å². The summed E-state index contributed by atoms with van der Waals surface area (Å²) in [4.78, 5) is 34.3. The van der Waals surface area contributed by atoms with Crippen molar-refractivity contribution in [2.24, 2.45) is 0 Å². The number of nitro benzene ring substituents is 1. The van der Waals surface area contributed by atoms with Crippen LogP contribution in [-0.4, -0.2) is 23.2 Å². The number of ether oxygens (including phenoxy) is 1. The minimum atomic E-state index is -0.510. The molecule has 0 radical (unpaired) electrons. The maximum Gasteiger partial charge on any atom is 0.283 e. The van der Waals surface area contributed by atoms with Gasteiger partial charge in [0.05, 0.1) is 15.1 Å². The third-order valence-electron chi connectivity index (χ3n) is 3.54. The van der Waals surface area contributed by atoms with Crippen molar-refractivity contribution in [3.8, 4) is 5.75 Å². The third kappa shape index (κ3) is 3.13. The molecule has 0 fully saturated rings. The summed E-state index contributed by atoms with van der Waals surface area (Å²) < 4.78 is 5.53. The first kappa shape index (κ1) is 16.1. The first-order valence-corrected chi connectivity index (χ1v) is 7.76. The van der Waals surface area contributed by atoms with Crippen LogP contribution >= 0.6 is 15.9 Å². The number of rotatable bonds is 4. The number of nitrogens with zero attached hydrogens (tertiary/aromatic N) is 1. The lowest BCUT2D eigenvalue weighted by molar-refractivity contribution is -0.385. The summed E-state index contributed by atoms with van der Waals surface area (Å²) in [5.41, 5.74) is 1.26. The molecule has 0 saturated heterocycles. The summed E-state index contributed by atoms with van der Waals surface area (Å²) in [7, 11) is 0. The van der Waals surface area contributed by atoms with E-state index in [1.807, 2.05) is 0 Å². The highest BCUT2D eigenvalue weighted by Gasteiger charge is 2.20. The number of hydrogen-bond donors (Lipinski definition) is 1. The molecule has 0 atom stereocenters. The number of carbonyl (C=O) groups excluding carboxylic acids is 2. The van der Waals surface area contributed by atoms with Crippen molar-refractivity contribution >= 4 is 39.0 Å². The van der Waals surface area contributed by atoms with Gasteiger partial charge < -0.3 is 10.1 Å². The quantitative estimate of drug-likeness (QED) is 0.491. The molecule has 0 aromatic heterocycles. The molecule has 0 unspecified atom stereocenters. The van der Waals surface area contributed by atoms with Crippen LogP contribution in [0.25, 0.3) is 0 Å².